The van der Waals surface area contributed by atoms with E-state index >= 15 is 0 Å². The van der Waals surface area contributed by atoms with Crippen molar-refractivity contribution in [3.05, 3.63) is 54.1 Å². The summed E-state index contributed by atoms with van der Waals surface area (Å²) in [6, 6.07) is 14.8. The molecule has 0 atom stereocenters. The number of methoxy groups -OCH3 is 1. The first kappa shape index (κ1) is 19.5. The van der Waals surface area contributed by atoms with Crippen LogP contribution in [0.15, 0.2) is 48.5 Å². The van der Waals surface area contributed by atoms with E-state index in [-0.39, 0.29) is 11.8 Å². The first-order valence-corrected chi connectivity index (χ1v) is 8.79. The van der Waals surface area contributed by atoms with Gasteiger partial charge < -0.3 is 15.4 Å². The average Bonchev–Trinajstić information content (AvgIpc) is 2.61. The molecule has 0 aliphatic rings. The Morgan fingerprint density at radius 3 is 1.92 bits per heavy atom. The summed E-state index contributed by atoms with van der Waals surface area (Å²) in [5.74, 6) is 1.08. The normalized spacial score (nSPS) is 10.5. The van der Waals surface area contributed by atoms with Crippen molar-refractivity contribution < 1.29 is 14.3 Å². The molecule has 0 bridgehead atoms. The van der Waals surface area contributed by atoms with Gasteiger partial charge in [0.15, 0.2) is 0 Å². The molecule has 2 N–H and O–H groups in total. The highest BCUT2D eigenvalue weighted by molar-refractivity contribution is 5.93. The maximum absolute atomic E-state index is 12.1. The zero-order chi connectivity index (χ0) is 18.9. The van der Waals surface area contributed by atoms with E-state index in [0.717, 1.165) is 17.0 Å². The van der Waals surface area contributed by atoms with E-state index in [0.29, 0.717) is 30.9 Å². The van der Waals surface area contributed by atoms with E-state index in [1.807, 2.05) is 38.1 Å². The molecule has 0 aromatic heterocycles. The Morgan fingerprint density at radius 2 is 1.42 bits per heavy atom. The van der Waals surface area contributed by atoms with E-state index in [1.165, 1.54) is 0 Å². The standard InChI is InChI=1S/C21H26N2O3/c1-15(2)14-21(25)23-18-9-7-17(8-10-18)22-20(24)13-6-16-4-11-19(26-3)12-5-16/h4-5,7-12,15H,6,13-14H2,1-3H3,(H,22,24)(H,23,25). The lowest BCUT2D eigenvalue weighted by Crippen LogP contribution is -2.14. The van der Waals surface area contributed by atoms with Gasteiger partial charge in [0.05, 0.1) is 7.11 Å². The lowest BCUT2D eigenvalue weighted by atomic mass is 10.1. The van der Waals surface area contributed by atoms with Crippen molar-refractivity contribution in [2.75, 3.05) is 17.7 Å². The molecule has 0 radical (unpaired) electrons. The number of benzene rings is 2. The fourth-order valence-corrected chi connectivity index (χ4v) is 2.49. The fraction of sp³-hybridized carbons (Fsp3) is 0.333. The second-order valence-corrected chi connectivity index (χ2v) is 6.62. The zero-order valence-corrected chi connectivity index (χ0v) is 15.5. The van der Waals surface area contributed by atoms with Gasteiger partial charge in [-0.3, -0.25) is 9.59 Å². The van der Waals surface area contributed by atoms with E-state index < -0.39 is 0 Å². The maximum atomic E-state index is 12.1. The van der Waals surface area contributed by atoms with Crippen molar-refractivity contribution in [3.8, 4) is 5.75 Å². The lowest BCUT2D eigenvalue weighted by molar-refractivity contribution is -0.117. The van der Waals surface area contributed by atoms with E-state index in [9.17, 15) is 9.59 Å². The first-order valence-electron chi connectivity index (χ1n) is 8.79. The Labute approximate surface area is 154 Å². The minimum atomic E-state index is -0.0441. The number of aryl methyl sites for hydroxylation is 1. The Balaban J connectivity index is 1.80. The van der Waals surface area contributed by atoms with Gasteiger partial charge in [-0.15, -0.1) is 0 Å². The van der Waals surface area contributed by atoms with E-state index in [2.05, 4.69) is 10.6 Å². The number of hydrogen-bond acceptors (Lipinski definition) is 3. The average molecular weight is 354 g/mol. The zero-order valence-electron chi connectivity index (χ0n) is 15.5. The quantitative estimate of drug-likeness (QED) is 0.745. The summed E-state index contributed by atoms with van der Waals surface area (Å²) in [4.78, 5) is 23.8. The monoisotopic (exact) mass is 354 g/mol. The summed E-state index contributed by atoms with van der Waals surface area (Å²) < 4.78 is 5.12. The van der Waals surface area contributed by atoms with Crippen LogP contribution in [0, 0.1) is 5.92 Å². The minimum absolute atomic E-state index is 0.00345. The van der Waals surface area contributed by atoms with Gasteiger partial charge in [0.25, 0.3) is 0 Å². The second-order valence-electron chi connectivity index (χ2n) is 6.62. The number of nitrogens with one attached hydrogen (secondary N) is 2. The Morgan fingerprint density at radius 1 is 0.885 bits per heavy atom. The molecular formula is C21H26N2O3. The SMILES string of the molecule is COc1ccc(CCC(=O)Nc2ccc(NC(=O)CC(C)C)cc2)cc1. The molecule has 0 heterocycles. The lowest BCUT2D eigenvalue weighted by Gasteiger charge is -2.09. The minimum Gasteiger partial charge on any atom is -0.497 e. The molecule has 5 heteroatoms. The summed E-state index contributed by atoms with van der Waals surface area (Å²) >= 11 is 0. The number of anilines is 2. The molecule has 0 aliphatic heterocycles. The molecule has 0 aliphatic carbocycles. The molecule has 5 nitrogen and oxygen atoms in total. The third-order valence-electron chi connectivity index (χ3n) is 3.85. The number of carbonyl (C=O) groups is 2. The van der Waals surface area contributed by atoms with Gasteiger partial charge in [0.2, 0.25) is 11.8 Å². The van der Waals surface area contributed by atoms with Gasteiger partial charge in [-0.05, 0) is 54.3 Å². The van der Waals surface area contributed by atoms with Crippen LogP contribution in [0.5, 0.6) is 5.75 Å². The molecule has 2 aromatic carbocycles. The smallest absolute Gasteiger partial charge is 0.224 e. The van der Waals surface area contributed by atoms with E-state index in [1.54, 1.807) is 31.4 Å². The Bertz CT molecular complexity index is 722. The van der Waals surface area contributed by atoms with Crippen molar-refractivity contribution in [1.29, 1.82) is 0 Å². The van der Waals surface area contributed by atoms with Crippen LogP contribution >= 0.6 is 0 Å². The predicted octanol–water partition coefficient (Wildman–Crippen LogP) is 4.25. The summed E-state index contributed by atoms with van der Waals surface area (Å²) in [5.41, 5.74) is 2.53. The summed E-state index contributed by atoms with van der Waals surface area (Å²) in [6.45, 7) is 4.01. The molecule has 0 fully saturated rings. The number of ether oxygens (including phenoxy) is 1. The van der Waals surface area contributed by atoms with Gasteiger partial charge in [-0.25, -0.2) is 0 Å². The first-order chi connectivity index (χ1) is 12.5. The highest BCUT2D eigenvalue weighted by Crippen LogP contribution is 2.16. The Kier molecular flexibility index (Phi) is 7.21. The molecular weight excluding hydrogens is 328 g/mol. The highest BCUT2D eigenvalue weighted by atomic mass is 16.5. The summed E-state index contributed by atoms with van der Waals surface area (Å²) in [5, 5.41) is 5.72. The number of hydrogen-bond donors (Lipinski definition) is 2. The van der Waals surface area contributed by atoms with Crippen molar-refractivity contribution in [1.82, 2.24) is 0 Å². The van der Waals surface area contributed by atoms with E-state index in [4.69, 9.17) is 4.74 Å². The van der Waals surface area contributed by atoms with Crippen LogP contribution < -0.4 is 15.4 Å². The van der Waals surface area contributed by atoms with Crippen LogP contribution in [0.2, 0.25) is 0 Å². The van der Waals surface area contributed by atoms with Gasteiger partial charge in [0.1, 0.15) is 5.75 Å². The number of rotatable bonds is 8. The van der Waals surface area contributed by atoms with Gasteiger partial charge in [0, 0.05) is 24.2 Å². The molecule has 0 saturated carbocycles. The molecule has 26 heavy (non-hydrogen) atoms. The fourth-order valence-electron chi connectivity index (χ4n) is 2.49. The molecule has 0 spiro atoms. The van der Waals surface area contributed by atoms with Gasteiger partial charge in [-0.1, -0.05) is 26.0 Å². The highest BCUT2D eigenvalue weighted by Gasteiger charge is 2.06. The van der Waals surface area contributed by atoms with Gasteiger partial charge in [-0.2, -0.15) is 0 Å². The maximum Gasteiger partial charge on any atom is 0.224 e. The third-order valence-corrected chi connectivity index (χ3v) is 3.85. The number of carbonyl (C=O) groups excluding carboxylic acids is 2. The number of amides is 2. The summed E-state index contributed by atoms with van der Waals surface area (Å²) in [7, 11) is 1.63. The molecule has 0 saturated heterocycles. The molecule has 2 amide bonds. The van der Waals surface area contributed by atoms with Gasteiger partial charge >= 0.3 is 0 Å². The van der Waals surface area contributed by atoms with Crippen molar-refractivity contribution in [3.63, 3.8) is 0 Å². The van der Waals surface area contributed by atoms with Crippen molar-refractivity contribution >= 4 is 23.2 Å². The molecule has 0 unspecified atom stereocenters. The molecule has 138 valence electrons. The van der Waals surface area contributed by atoms with Crippen LogP contribution in [0.1, 0.15) is 32.3 Å². The van der Waals surface area contributed by atoms with Crippen LogP contribution in [0.4, 0.5) is 11.4 Å². The molecule has 2 rings (SSSR count). The predicted molar refractivity (Wildman–Crippen MR) is 104 cm³/mol. The van der Waals surface area contributed by atoms with Crippen LogP contribution in [-0.4, -0.2) is 18.9 Å². The largest absolute Gasteiger partial charge is 0.497 e. The van der Waals surface area contributed by atoms with Crippen LogP contribution in [0.25, 0.3) is 0 Å². The summed E-state index contributed by atoms with van der Waals surface area (Å²) in [6.07, 6.45) is 1.56. The third kappa shape index (κ3) is 6.59. The topological polar surface area (TPSA) is 67.4 Å². The van der Waals surface area contributed by atoms with Crippen molar-refractivity contribution in [2.45, 2.75) is 33.1 Å². The van der Waals surface area contributed by atoms with Crippen LogP contribution in [-0.2, 0) is 16.0 Å². The van der Waals surface area contributed by atoms with Crippen molar-refractivity contribution in [2.24, 2.45) is 5.92 Å². The second kappa shape index (κ2) is 9.61. The molecule has 2 aromatic rings. The Hall–Kier alpha value is -2.82. The van der Waals surface area contributed by atoms with Crippen LogP contribution in [0.3, 0.4) is 0 Å².